The molecule has 0 aliphatic heterocycles. The average molecular weight is 330 g/mol. The highest BCUT2D eigenvalue weighted by molar-refractivity contribution is 7.13. The zero-order chi connectivity index (χ0) is 16.7. The summed E-state index contributed by atoms with van der Waals surface area (Å²) in [7, 11) is 0. The van der Waals surface area contributed by atoms with E-state index in [1.54, 1.807) is 11.3 Å². The standard InChI is InChI=1S/C19H26N2OS/c1-4-5-6-9-15(3)20-18(22)12-17-13-23-19(21-17)16-10-7-8-14(2)11-16/h7-8,10-11,13,15H,4-6,9,12H2,1-3H3,(H,20,22). The van der Waals surface area contributed by atoms with Crippen molar-refractivity contribution in [1.82, 2.24) is 10.3 Å². The van der Waals surface area contributed by atoms with Crippen LogP contribution in [0.25, 0.3) is 10.6 Å². The molecule has 0 bridgehead atoms. The van der Waals surface area contributed by atoms with E-state index >= 15 is 0 Å². The number of nitrogens with zero attached hydrogens (tertiary/aromatic N) is 1. The van der Waals surface area contributed by atoms with E-state index in [0.717, 1.165) is 22.7 Å². The number of carbonyl (C=O) groups excluding carboxylic acids is 1. The van der Waals surface area contributed by atoms with Crippen molar-refractivity contribution < 1.29 is 4.79 Å². The molecule has 1 unspecified atom stereocenters. The molecule has 124 valence electrons. The second-order valence-corrected chi connectivity index (χ2v) is 7.01. The van der Waals surface area contributed by atoms with E-state index in [-0.39, 0.29) is 11.9 Å². The van der Waals surface area contributed by atoms with E-state index in [1.165, 1.54) is 24.8 Å². The molecule has 0 saturated carbocycles. The number of thiazole rings is 1. The summed E-state index contributed by atoms with van der Waals surface area (Å²) in [6.07, 6.45) is 5.02. The molecule has 4 heteroatoms. The Hall–Kier alpha value is -1.68. The molecule has 1 atom stereocenters. The summed E-state index contributed by atoms with van der Waals surface area (Å²) in [6.45, 7) is 6.34. The number of amides is 1. The number of hydrogen-bond acceptors (Lipinski definition) is 3. The van der Waals surface area contributed by atoms with Crippen molar-refractivity contribution in [3.05, 3.63) is 40.9 Å². The second kappa shape index (κ2) is 8.82. The molecule has 0 radical (unpaired) electrons. The third-order valence-electron chi connectivity index (χ3n) is 3.81. The lowest BCUT2D eigenvalue weighted by Crippen LogP contribution is -2.33. The average Bonchev–Trinajstić information content (AvgIpc) is 2.95. The zero-order valence-electron chi connectivity index (χ0n) is 14.3. The molecule has 2 aromatic rings. The molecule has 1 N–H and O–H groups in total. The van der Waals surface area contributed by atoms with Crippen LogP contribution in [0.5, 0.6) is 0 Å². The topological polar surface area (TPSA) is 42.0 Å². The van der Waals surface area contributed by atoms with Crippen molar-refractivity contribution in [2.24, 2.45) is 0 Å². The molecule has 1 amide bonds. The number of rotatable bonds is 8. The van der Waals surface area contributed by atoms with Gasteiger partial charge in [0.1, 0.15) is 5.01 Å². The second-order valence-electron chi connectivity index (χ2n) is 6.15. The maximum atomic E-state index is 12.1. The first-order valence-corrected chi connectivity index (χ1v) is 9.27. The number of benzene rings is 1. The fourth-order valence-corrected chi connectivity index (χ4v) is 3.38. The smallest absolute Gasteiger partial charge is 0.226 e. The minimum atomic E-state index is 0.0649. The van der Waals surface area contributed by atoms with Gasteiger partial charge in [0.05, 0.1) is 12.1 Å². The van der Waals surface area contributed by atoms with E-state index < -0.39 is 0 Å². The number of carbonyl (C=O) groups is 1. The normalized spacial score (nSPS) is 12.1. The first kappa shape index (κ1) is 17.7. The minimum absolute atomic E-state index is 0.0649. The van der Waals surface area contributed by atoms with E-state index in [2.05, 4.69) is 49.3 Å². The monoisotopic (exact) mass is 330 g/mol. The predicted octanol–water partition coefficient (Wildman–Crippen LogP) is 4.75. The Labute approximate surface area is 143 Å². The lowest BCUT2D eigenvalue weighted by Gasteiger charge is -2.12. The summed E-state index contributed by atoms with van der Waals surface area (Å²) in [6, 6.07) is 8.54. The van der Waals surface area contributed by atoms with Crippen LogP contribution < -0.4 is 5.32 Å². The van der Waals surface area contributed by atoms with Crippen molar-refractivity contribution in [2.75, 3.05) is 0 Å². The fourth-order valence-electron chi connectivity index (χ4n) is 2.56. The highest BCUT2D eigenvalue weighted by Crippen LogP contribution is 2.24. The van der Waals surface area contributed by atoms with Crippen molar-refractivity contribution in [1.29, 1.82) is 0 Å². The number of aromatic nitrogens is 1. The Balaban J connectivity index is 1.87. The molecule has 0 saturated heterocycles. The molecule has 1 heterocycles. The molecule has 3 nitrogen and oxygen atoms in total. The SMILES string of the molecule is CCCCCC(C)NC(=O)Cc1csc(-c2cccc(C)c2)n1. The number of nitrogens with one attached hydrogen (secondary N) is 1. The predicted molar refractivity (Wildman–Crippen MR) is 97.7 cm³/mol. The zero-order valence-corrected chi connectivity index (χ0v) is 15.1. The van der Waals surface area contributed by atoms with Crippen LogP contribution in [0.3, 0.4) is 0 Å². The van der Waals surface area contributed by atoms with Crippen LogP contribution in [-0.4, -0.2) is 16.9 Å². The van der Waals surface area contributed by atoms with Crippen LogP contribution in [0.2, 0.25) is 0 Å². The lowest BCUT2D eigenvalue weighted by molar-refractivity contribution is -0.121. The van der Waals surface area contributed by atoms with Crippen LogP contribution in [-0.2, 0) is 11.2 Å². The maximum Gasteiger partial charge on any atom is 0.226 e. The van der Waals surface area contributed by atoms with Gasteiger partial charge in [-0.3, -0.25) is 4.79 Å². The van der Waals surface area contributed by atoms with Gasteiger partial charge in [-0.15, -0.1) is 11.3 Å². The summed E-state index contributed by atoms with van der Waals surface area (Å²) in [5.74, 6) is 0.0649. The van der Waals surface area contributed by atoms with Crippen LogP contribution >= 0.6 is 11.3 Å². The number of unbranched alkanes of at least 4 members (excludes halogenated alkanes) is 2. The summed E-state index contributed by atoms with van der Waals surface area (Å²) in [5, 5.41) is 6.04. The maximum absolute atomic E-state index is 12.1. The molecule has 0 aliphatic carbocycles. The lowest BCUT2D eigenvalue weighted by atomic mass is 10.1. The minimum Gasteiger partial charge on any atom is -0.353 e. The largest absolute Gasteiger partial charge is 0.353 e. The quantitative estimate of drug-likeness (QED) is 0.710. The molecular formula is C19H26N2OS. The summed E-state index contributed by atoms with van der Waals surface area (Å²) in [5.41, 5.74) is 3.19. The van der Waals surface area contributed by atoms with Gasteiger partial charge in [-0.1, -0.05) is 49.9 Å². The number of aryl methyl sites for hydroxylation is 1. The van der Waals surface area contributed by atoms with Gasteiger partial charge in [-0.25, -0.2) is 4.98 Å². The van der Waals surface area contributed by atoms with Gasteiger partial charge in [-0.2, -0.15) is 0 Å². The Kier molecular flexibility index (Phi) is 6.78. The molecule has 1 aromatic heterocycles. The molecule has 0 spiro atoms. The van der Waals surface area contributed by atoms with Crippen LogP contribution in [0.4, 0.5) is 0 Å². The van der Waals surface area contributed by atoms with Gasteiger partial charge >= 0.3 is 0 Å². The highest BCUT2D eigenvalue weighted by Gasteiger charge is 2.11. The Morgan fingerprint density at radius 2 is 2.17 bits per heavy atom. The van der Waals surface area contributed by atoms with Gasteiger partial charge in [-0.05, 0) is 26.3 Å². The number of hydrogen-bond donors (Lipinski definition) is 1. The summed E-state index contributed by atoms with van der Waals surface area (Å²) >= 11 is 1.60. The van der Waals surface area contributed by atoms with E-state index in [1.807, 2.05) is 11.4 Å². The molecule has 0 aliphatic rings. The molecule has 2 rings (SSSR count). The van der Waals surface area contributed by atoms with E-state index in [4.69, 9.17) is 0 Å². The van der Waals surface area contributed by atoms with Crippen molar-refractivity contribution >= 4 is 17.2 Å². The van der Waals surface area contributed by atoms with Gasteiger partial charge < -0.3 is 5.32 Å². The van der Waals surface area contributed by atoms with Gasteiger partial charge in [0.2, 0.25) is 5.91 Å². The first-order valence-electron chi connectivity index (χ1n) is 8.39. The molecule has 0 fully saturated rings. The van der Waals surface area contributed by atoms with E-state index in [0.29, 0.717) is 6.42 Å². The van der Waals surface area contributed by atoms with Gasteiger partial charge in [0, 0.05) is 17.0 Å². The van der Waals surface area contributed by atoms with Crippen LogP contribution in [0, 0.1) is 6.92 Å². The van der Waals surface area contributed by atoms with Crippen molar-refractivity contribution in [3.8, 4) is 10.6 Å². The van der Waals surface area contributed by atoms with Crippen LogP contribution in [0.1, 0.15) is 50.8 Å². The van der Waals surface area contributed by atoms with E-state index in [9.17, 15) is 4.79 Å². The van der Waals surface area contributed by atoms with Gasteiger partial charge in [0.25, 0.3) is 0 Å². The third-order valence-corrected chi connectivity index (χ3v) is 4.75. The molecule has 1 aromatic carbocycles. The molecule has 23 heavy (non-hydrogen) atoms. The van der Waals surface area contributed by atoms with Gasteiger partial charge in [0.15, 0.2) is 0 Å². The summed E-state index contributed by atoms with van der Waals surface area (Å²) < 4.78 is 0. The van der Waals surface area contributed by atoms with Crippen molar-refractivity contribution in [3.63, 3.8) is 0 Å². The highest BCUT2D eigenvalue weighted by atomic mass is 32.1. The van der Waals surface area contributed by atoms with Crippen molar-refractivity contribution in [2.45, 2.75) is 58.9 Å². The third kappa shape index (κ3) is 5.79. The Morgan fingerprint density at radius 3 is 2.91 bits per heavy atom. The summed E-state index contributed by atoms with van der Waals surface area (Å²) in [4.78, 5) is 16.7. The molecular weight excluding hydrogens is 304 g/mol. The van der Waals surface area contributed by atoms with Crippen LogP contribution in [0.15, 0.2) is 29.6 Å². The Bertz CT molecular complexity index is 636. The first-order chi connectivity index (χ1) is 11.1. The Morgan fingerprint density at radius 1 is 1.35 bits per heavy atom. The fraction of sp³-hybridized carbons (Fsp3) is 0.474.